The molecule has 1 atom stereocenters. The third-order valence-corrected chi connectivity index (χ3v) is 14.0. The van der Waals surface area contributed by atoms with Crippen LogP contribution in [0.1, 0.15) is 22.3 Å². The number of pyridine rings is 1. The molecule has 1 unspecified atom stereocenters. The van der Waals surface area contributed by atoms with E-state index < -0.39 is 5.41 Å². The fraction of sp³-hybridized carbons (Fsp3) is 0.0172. The summed E-state index contributed by atoms with van der Waals surface area (Å²) < 4.78 is 6.71. The van der Waals surface area contributed by atoms with E-state index in [1.165, 1.54) is 54.3 Å². The first kappa shape index (κ1) is 35.9. The molecule has 1 aliphatic carbocycles. The zero-order valence-electron chi connectivity index (χ0n) is 33.9. The molecule has 0 radical (unpaired) electrons. The Morgan fingerprint density at radius 1 is 0.381 bits per heavy atom. The van der Waals surface area contributed by atoms with Gasteiger partial charge in [0.25, 0.3) is 0 Å². The second-order valence-corrected chi connectivity index (χ2v) is 17.4. The Labute approximate surface area is 368 Å². The van der Waals surface area contributed by atoms with Crippen LogP contribution in [0.15, 0.2) is 227 Å². The number of hydrogen-bond donors (Lipinski definition) is 0. The third-order valence-electron chi connectivity index (χ3n) is 12.9. The van der Waals surface area contributed by atoms with Crippen LogP contribution < -0.4 is 0 Å². The summed E-state index contributed by atoms with van der Waals surface area (Å²) in [5, 5.41) is 2.25. The van der Waals surface area contributed by atoms with Gasteiger partial charge in [0, 0.05) is 49.6 Å². The maximum absolute atomic E-state index is 6.71. The van der Waals surface area contributed by atoms with E-state index in [9.17, 15) is 0 Å². The van der Waals surface area contributed by atoms with Gasteiger partial charge < -0.3 is 4.42 Å². The van der Waals surface area contributed by atoms with Gasteiger partial charge in [-0.3, -0.25) is 4.98 Å². The predicted molar refractivity (Wildman–Crippen MR) is 256 cm³/mol. The highest BCUT2D eigenvalue weighted by Crippen LogP contribution is 2.62. The molecule has 0 saturated carbocycles. The van der Waals surface area contributed by atoms with Crippen molar-refractivity contribution in [2.24, 2.45) is 0 Å². The van der Waals surface area contributed by atoms with E-state index in [1.807, 2.05) is 36.2 Å². The Kier molecular flexibility index (Phi) is 8.02. The Morgan fingerprint density at radius 3 is 1.81 bits per heavy atom. The van der Waals surface area contributed by atoms with E-state index in [-0.39, 0.29) is 0 Å². The quantitative estimate of drug-likeness (QED) is 0.177. The van der Waals surface area contributed by atoms with E-state index in [4.69, 9.17) is 14.4 Å². The lowest BCUT2D eigenvalue weighted by molar-refractivity contribution is 0.660. The monoisotopic (exact) mass is 821 g/mol. The molecular formula is C58H35N3OS. The van der Waals surface area contributed by atoms with Gasteiger partial charge in [0.1, 0.15) is 11.2 Å². The molecule has 3 aromatic heterocycles. The van der Waals surface area contributed by atoms with Crippen molar-refractivity contribution in [2.75, 3.05) is 0 Å². The van der Waals surface area contributed by atoms with Crippen LogP contribution in [0.2, 0.25) is 0 Å². The molecule has 294 valence electrons. The van der Waals surface area contributed by atoms with Crippen LogP contribution in [0.25, 0.3) is 89.2 Å². The van der Waals surface area contributed by atoms with Crippen LogP contribution in [-0.4, -0.2) is 15.0 Å². The fourth-order valence-electron chi connectivity index (χ4n) is 10.1. The summed E-state index contributed by atoms with van der Waals surface area (Å²) in [5.74, 6) is 0.665. The van der Waals surface area contributed by atoms with E-state index in [2.05, 4.69) is 187 Å². The minimum absolute atomic E-state index is 0.665. The molecule has 63 heavy (non-hydrogen) atoms. The molecule has 2 aliphatic rings. The number of aromatic nitrogens is 3. The number of nitrogens with zero attached hydrogens (tertiary/aromatic N) is 3. The highest BCUT2D eigenvalue weighted by Gasteiger charge is 2.49. The first-order valence-electron chi connectivity index (χ1n) is 21.2. The maximum Gasteiger partial charge on any atom is 0.160 e. The van der Waals surface area contributed by atoms with E-state index in [0.717, 1.165) is 61.1 Å². The Bertz CT molecular complexity index is 3600. The van der Waals surface area contributed by atoms with Gasteiger partial charge in [-0.25, -0.2) is 9.97 Å². The summed E-state index contributed by atoms with van der Waals surface area (Å²) in [7, 11) is 0. The van der Waals surface area contributed by atoms with Gasteiger partial charge in [0.05, 0.1) is 16.8 Å². The minimum atomic E-state index is -0.743. The molecule has 0 bridgehead atoms. The van der Waals surface area contributed by atoms with Crippen molar-refractivity contribution in [2.45, 2.75) is 15.2 Å². The molecule has 1 aliphatic heterocycles. The Balaban J connectivity index is 1.11. The van der Waals surface area contributed by atoms with Gasteiger partial charge in [-0.2, -0.15) is 0 Å². The topological polar surface area (TPSA) is 51.8 Å². The molecule has 0 fully saturated rings. The summed E-state index contributed by atoms with van der Waals surface area (Å²) in [6.45, 7) is 0. The van der Waals surface area contributed by atoms with Gasteiger partial charge in [-0.15, -0.1) is 0 Å². The average molecular weight is 822 g/mol. The zero-order valence-corrected chi connectivity index (χ0v) is 34.7. The van der Waals surface area contributed by atoms with Crippen LogP contribution in [0.4, 0.5) is 0 Å². The minimum Gasteiger partial charge on any atom is -0.456 e. The van der Waals surface area contributed by atoms with Crippen LogP contribution >= 0.6 is 11.8 Å². The maximum atomic E-state index is 6.71. The smallest absolute Gasteiger partial charge is 0.160 e. The summed E-state index contributed by atoms with van der Waals surface area (Å²) in [5.41, 5.74) is 17.5. The molecule has 11 aromatic rings. The molecule has 8 aromatic carbocycles. The molecule has 4 heterocycles. The molecule has 5 heteroatoms. The van der Waals surface area contributed by atoms with Gasteiger partial charge in [-0.05, 0) is 98.1 Å². The van der Waals surface area contributed by atoms with Gasteiger partial charge in [0.2, 0.25) is 0 Å². The first-order valence-corrected chi connectivity index (χ1v) is 22.0. The third kappa shape index (κ3) is 5.53. The summed E-state index contributed by atoms with van der Waals surface area (Å²) in [4.78, 5) is 17.6. The molecular weight excluding hydrogens is 787 g/mol. The highest BCUT2D eigenvalue weighted by molar-refractivity contribution is 7.99. The highest BCUT2D eigenvalue weighted by atomic mass is 32.2. The Hall–Kier alpha value is -7.86. The number of hydrogen-bond acceptors (Lipinski definition) is 5. The SMILES string of the molecule is c1ccc(-c2cc(-c3ccc(-c4cccnc4)cc3)nc(-c3ccc4c(c3)C3(c5ccccc5Sc5cc6c(cc53)oc3ccccc36)c3ccccc3-c3ccccc3-4)n2)cc1. The van der Waals surface area contributed by atoms with Crippen LogP contribution in [0.5, 0.6) is 0 Å². The van der Waals surface area contributed by atoms with E-state index >= 15 is 0 Å². The summed E-state index contributed by atoms with van der Waals surface area (Å²) in [6.07, 6.45) is 3.70. The number of benzene rings is 8. The average Bonchev–Trinajstić information content (AvgIpc) is 3.68. The van der Waals surface area contributed by atoms with Crippen molar-refractivity contribution < 1.29 is 4.42 Å². The van der Waals surface area contributed by atoms with Crippen molar-refractivity contribution in [3.05, 3.63) is 235 Å². The zero-order chi connectivity index (χ0) is 41.5. The van der Waals surface area contributed by atoms with Crippen molar-refractivity contribution in [3.63, 3.8) is 0 Å². The van der Waals surface area contributed by atoms with Crippen molar-refractivity contribution in [1.29, 1.82) is 0 Å². The van der Waals surface area contributed by atoms with Crippen LogP contribution in [0.3, 0.4) is 0 Å². The largest absolute Gasteiger partial charge is 0.456 e. The summed E-state index contributed by atoms with van der Waals surface area (Å²) >= 11 is 1.85. The normalized spacial score (nSPS) is 14.7. The van der Waals surface area contributed by atoms with E-state index in [0.29, 0.717) is 5.82 Å². The van der Waals surface area contributed by atoms with Crippen molar-refractivity contribution in [3.8, 4) is 67.3 Å². The molecule has 0 amide bonds. The van der Waals surface area contributed by atoms with Crippen molar-refractivity contribution >= 4 is 33.7 Å². The second kappa shape index (κ2) is 14.1. The lowest BCUT2D eigenvalue weighted by Crippen LogP contribution is -2.34. The fourth-order valence-corrected chi connectivity index (χ4v) is 11.3. The Morgan fingerprint density at radius 2 is 1.02 bits per heavy atom. The summed E-state index contributed by atoms with van der Waals surface area (Å²) in [6, 6.07) is 72.0. The number of para-hydroxylation sites is 1. The predicted octanol–water partition coefficient (Wildman–Crippen LogP) is 14.9. The molecule has 4 nitrogen and oxygen atoms in total. The van der Waals surface area contributed by atoms with Crippen LogP contribution in [-0.2, 0) is 5.41 Å². The number of rotatable bonds is 4. The van der Waals surface area contributed by atoms with Gasteiger partial charge >= 0.3 is 0 Å². The van der Waals surface area contributed by atoms with Crippen LogP contribution in [0, 0.1) is 0 Å². The first-order chi connectivity index (χ1) is 31.2. The van der Waals surface area contributed by atoms with Gasteiger partial charge in [0.15, 0.2) is 5.82 Å². The standard InChI is InChI=1S/C58H35N3OS/c1-2-13-37(14-3-1)51-34-52(38-26-24-36(25-27-38)40-15-12-30-59-35-40)61-57(60-51)39-28-29-44-42-17-5-4-16-41(42)43-18-6-8-20-47(43)58(49(44)31-39)48-21-9-11-23-55(48)63-56-32-46-45-19-7-10-22-53(45)62-54(46)33-50(56)58/h1-35H. The number of furan rings is 1. The lowest BCUT2D eigenvalue weighted by Gasteiger charge is -2.42. The molecule has 0 saturated heterocycles. The van der Waals surface area contributed by atoms with E-state index in [1.54, 1.807) is 6.20 Å². The lowest BCUT2D eigenvalue weighted by atomic mass is 9.63. The second-order valence-electron chi connectivity index (χ2n) is 16.3. The molecule has 13 rings (SSSR count). The number of fused-ring (bicyclic) bond motifs is 14. The molecule has 0 N–H and O–H groups in total. The molecule has 1 spiro atoms. The van der Waals surface area contributed by atoms with Crippen molar-refractivity contribution in [1.82, 2.24) is 15.0 Å². The van der Waals surface area contributed by atoms with Gasteiger partial charge in [-0.1, -0.05) is 169 Å².